The van der Waals surface area contributed by atoms with Crippen molar-refractivity contribution in [3.63, 3.8) is 0 Å². The molecule has 0 radical (unpaired) electrons. The molecule has 0 N–H and O–H groups in total. The van der Waals surface area contributed by atoms with E-state index in [0.29, 0.717) is 11.0 Å². The highest BCUT2D eigenvalue weighted by Gasteiger charge is 2.20. The van der Waals surface area contributed by atoms with Gasteiger partial charge in [-0.25, -0.2) is 4.79 Å². The molecule has 0 amide bonds. The van der Waals surface area contributed by atoms with E-state index in [9.17, 15) is 4.79 Å². The molecule has 60 heavy (non-hydrogen) atoms. The van der Waals surface area contributed by atoms with Crippen LogP contribution >= 0.6 is 0 Å². The van der Waals surface area contributed by atoms with Crippen molar-refractivity contribution in [2.24, 2.45) is 0 Å². The Bertz CT molecular complexity index is 3960. The number of hydrogen-bond acceptors (Lipinski definition) is 2. The molecule has 5 heteroatoms. The minimum atomic E-state index is -0.330. The minimum Gasteiger partial charge on any atom is -0.420 e. The van der Waals surface area contributed by atoms with E-state index < -0.39 is 0 Å². The van der Waals surface area contributed by atoms with E-state index >= 15 is 0 Å². The molecule has 13 aromatic rings. The van der Waals surface area contributed by atoms with Crippen LogP contribution in [0.1, 0.15) is 0 Å². The van der Waals surface area contributed by atoms with Crippen molar-refractivity contribution in [1.29, 1.82) is 0 Å². The fraction of sp³-hybridized carbons (Fsp3) is 0. The van der Waals surface area contributed by atoms with Crippen LogP contribution in [-0.2, 0) is 0 Å². The molecule has 0 spiro atoms. The van der Waals surface area contributed by atoms with Gasteiger partial charge in [-0.15, -0.1) is 0 Å². The van der Waals surface area contributed by atoms with Gasteiger partial charge in [0.1, 0.15) is 0 Å². The summed E-state index contributed by atoms with van der Waals surface area (Å²) in [5.74, 6) is 0. The molecule has 0 aliphatic heterocycles. The molecule has 9 aromatic carbocycles. The molecule has 0 aliphatic rings. The van der Waals surface area contributed by atoms with E-state index in [-0.39, 0.29) is 5.63 Å². The highest BCUT2D eigenvalue weighted by Crippen LogP contribution is 2.40. The topological polar surface area (TPSA) is 45.0 Å². The van der Waals surface area contributed by atoms with Gasteiger partial charge < -0.3 is 18.1 Å². The summed E-state index contributed by atoms with van der Waals surface area (Å²) in [6, 6.07) is 70.8. The van der Waals surface area contributed by atoms with Crippen LogP contribution in [0.3, 0.4) is 0 Å². The Labute approximate surface area is 342 Å². The van der Waals surface area contributed by atoms with Gasteiger partial charge in [0.05, 0.1) is 38.5 Å². The monoisotopic (exact) mass is 767 g/mol. The van der Waals surface area contributed by atoms with Crippen molar-refractivity contribution in [2.75, 3.05) is 0 Å². The molecular weight excluding hydrogens is 735 g/mol. The molecule has 13 rings (SSSR count). The lowest BCUT2D eigenvalue weighted by Gasteiger charge is -2.13. The van der Waals surface area contributed by atoms with Crippen LogP contribution in [0.2, 0.25) is 0 Å². The fourth-order valence-electron chi connectivity index (χ4n) is 9.84. The Kier molecular flexibility index (Phi) is 6.81. The molecule has 4 heterocycles. The summed E-state index contributed by atoms with van der Waals surface area (Å²) in [5, 5.41) is 9.43. The van der Waals surface area contributed by atoms with E-state index in [1.807, 2.05) is 24.3 Å². The van der Waals surface area contributed by atoms with Crippen molar-refractivity contribution in [3.8, 4) is 28.2 Å². The van der Waals surface area contributed by atoms with Crippen molar-refractivity contribution < 1.29 is 4.42 Å². The summed E-state index contributed by atoms with van der Waals surface area (Å²) >= 11 is 0. The third-order valence-electron chi connectivity index (χ3n) is 12.5. The van der Waals surface area contributed by atoms with Gasteiger partial charge in [-0.05, 0) is 108 Å². The van der Waals surface area contributed by atoms with Crippen molar-refractivity contribution >= 4 is 87.2 Å². The number of hydrogen-bond donors (Lipinski definition) is 0. The first-order chi connectivity index (χ1) is 29.7. The highest BCUT2D eigenvalue weighted by molar-refractivity contribution is 6.21. The maximum absolute atomic E-state index is 13.4. The number of para-hydroxylation sites is 4. The van der Waals surface area contributed by atoms with Gasteiger partial charge in [-0.1, -0.05) is 109 Å². The molecule has 0 aliphatic carbocycles. The van der Waals surface area contributed by atoms with Crippen LogP contribution in [0.5, 0.6) is 0 Å². The van der Waals surface area contributed by atoms with Gasteiger partial charge >= 0.3 is 5.63 Å². The van der Waals surface area contributed by atoms with Crippen molar-refractivity contribution in [1.82, 2.24) is 13.7 Å². The quantitative estimate of drug-likeness (QED) is 0.132. The van der Waals surface area contributed by atoms with Crippen LogP contribution in [-0.4, -0.2) is 13.7 Å². The highest BCUT2D eigenvalue weighted by atomic mass is 16.4. The molecule has 4 aromatic heterocycles. The second kappa shape index (κ2) is 12.4. The molecule has 0 bridgehead atoms. The summed E-state index contributed by atoms with van der Waals surface area (Å²) in [7, 11) is 0. The van der Waals surface area contributed by atoms with E-state index in [1.54, 1.807) is 0 Å². The lowest BCUT2D eigenvalue weighted by molar-refractivity contribution is 0.572. The lowest BCUT2D eigenvalue weighted by atomic mass is 10.0. The van der Waals surface area contributed by atoms with Gasteiger partial charge in [0, 0.05) is 54.8 Å². The first-order valence-electron chi connectivity index (χ1n) is 20.3. The van der Waals surface area contributed by atoms with Gasteiger partial charge in [0.2, 0.25) is 0 Å². The Morgan fingerprint density at radius 3 is 1.30 bits per heavy atom. The second-order valence-corrected chi connectivity index (χ2v) is 15.6. The zero-order valence-electron chi connectivity index (χ0n) is 32.2. The normalized spacial score (nSPS) is 12.1. The van der Waals surface area contributed by atoms with Crippen molar-refractivity contribution in [2.45, 2.75) is 0 Å². The average molecular weight is 768 g/mol. The molecule has 280 valence electrons. The van der Waals surface area contributed by atoms with Gasteiger partial charge in [0.25, 0.3) is 0 Å². The summed E-state index contributed by atoms with van der Waals surface area (Å²) < 4.78 is 13.1. The Morgan fingerprint density at radius 1 is 0.300 bits per heavy atom. The first kappa shape index (κ1) is 32.9. The summed E-state index contributed by atoms with van der Waals surface area (Å²) in [5.41, 5.74) is 12.5. The first-order valence-corrected chi connectivity index (χ1v) is 20.3. The third kappa shape index (κ3) is 4.60. The van der Waals surface area contributed by atoms with Crippen molar-refractivity contribution in [3.05, 3.63) is 211 Å². The molecule has 0 fully saturated rings. The maximum atomic E-state index is 13.4. The molecule has 0 atom stereocenters. The van der Waals surface area contributed by atoms with Gasteiger partial charge in [0.15, 0.2) is 5.58 Å². The molecule has 0 unspecified atom stereocenters. The van der Waals surface area contributed by atoms with E-state index in [0.717, 1.165) is 60.7 Å². The molecule has 0 saturated carbocycles. The van der Waals surface area contributed by atoms with Crippen LogP contribution < -0.4 is 5.63 Å². The van der Waals surface area contributed by atoms with Crippen LogP contribution in [0.4, 0.5) is 0 Å². The number of benzene rings is 9. The Balaban J connectivity index is 0.964. The number of rotatable bonds is 4. The van der Waals surface area contributed by atoms with E-state index in [2.05, 4.69) is 190 Å². The van der Waals surface area contributed by atoms with Crippen LogP contribution in [0.25, 0.3) is 115 Å². The fourth-order valence-corrected chi connectivity index (χ4v) is 9.84. The van der Waals surface area contributed by atoms with Crippen LogP contribution in [0, 0.1) is 0 Å². The molecule has 0 saturated heterocycles. The smallest absolute Gasteiger partial charge is 0.344 e. The zero-order chi connectivity index (χ0) is 39.5. The van der Waals surface area contributed by atoms with Gasteiger partial charge in [-0.2, -0.15) is 0 Å². The number of nitrogens with zero attached hydrogens (tertiary/aromatic N) is 3. The van der Waals surface area contributed by atoms with Crippen LogP contribution in [0.15, 0.2) is 209 Å². The number of fused-ring (bicyclic) bond motifs is 13. The second-order valence-electron chi connectivity index (χ2n) is 15.6. The summed E-state index contributed by atoms with van der Waals surface area (Å²) in [6.07, 6.45) is 0. The zero-order valence-corrected chi connectivity index (χ0v) is 32.2. The minimum absolute atomic E-state index is 0.330. The molecular formula is C55H33N3O2. The summed E-state index contributed by atoms with van der Waals surface area (Å²) in [6.45, 7) is 0. The Morgan fingerprint density at radius 2 is 0.717 bits per heavy atom. The molecule has 5 nitrogen and oxygen atoms in total. The summed E-state index contributed by atoms with van der Waals surface area (Å²) in [4.78, 5) is 13.4. The van der Waals surface area contributed by atoms with E-state index in [4.69, 9.17) is 4.42 Å². The number of aromatic nitrogens is 3. The average Bonchev–Trinajstić information content (AvgIpc) is 3.95. The predicted molar refractivity (Wildman–Crippen MR) is 248 cm³/mol. The SMILES string of the molecule is O=c1oc2c(ccc3c4ccccc4n(-c4ccc(-n5c6ccccc6c6cc(-c7ccc8c(c7)c7ccccc7n8-c7ccccc7)ccc65)cc4)c32)c2ccccc12. The lowest BCUT2D eigenvalue weighted by Crippen LogP contribution is -2.01. The third-order valence-corrected chi connectivity index (χ3v) is 12.5. The predicted octanol–water partition coefficient (Wildman–Crippen LogP) is 13.9. The maximum Gasteiger partial charge on any atom is 0.344 e. The van der Waals surface area contributed by atoms with Gasteiger partial charge in [-0.3, -0.25) is 0 Å². The standard InChI is InChI=1S/C55H33N3O2/c59-55-45-18-5-4-14-39(45)44-29-28-43-40-15-6-11-21-50(40)58(53(43)54(44)60-55)38-26-24-37(25-27-38)57-49-20-10-8-17-42(49)47-33-35(23-31-52(47)57)34-22-30-51-46(32-34)41-16-7-9-19-48(41)56(51)36-12-2-1-3-13-36/h1-33H. The Hall–Kier alpha value is -8.15. The largest absolute Gasteiger partial charge is 0.420 e. The van der Waals surface area contributed by atoms with E-state index in [1.165, 1.54) is 43.7 Å².